The van der Waals surface area contributed by atoms with E-state index in [2.05, 4.69) is 13.0 Å². The normalized spacial score (nSPS) is 21.1. The van der Waals surface area contributed by atoms with Crippen LogP contribution in [-0.4, -0.2) is 6.10 Å². The fraction of sp³-hybridized carbons (Fsp3) is 0.333. The average Bonchev–Trinajstić information content (AvgIpc) is 2.31. The molecular weight excluding hydrogens is 160 g/mol. The van der Waals surface area contributed by atoms with Gasteiger partial charge in [-0.15, -0.1) is 0 Å². The quantitative estimate of drug-likeness (QED) is 0.579. The van der Waals surface area contributed by atoms with Gasteiger partial charge in [0.2, 0.25) is 0 Å². The molecule has 1 aromatic rings. The van der Waals surface area contributed by atoms with Crippen LogP contribution in [0.25, 0.3) is 0 Å². The van der Waals surface area contributed by atoms with E-state index in [4.69, 9.17) is 16.3 Å². The van der Waals surface area contributed by atoms with Gasteiger partial charge >= 0.3 is 0 Å². The first-order valence-electron chi connectivity index (χ1n) is 3.71. The van der Waals surface area contributed by atoms with Gasteiger partial charge < -0.3 is 4.74 Å². The molecule has 0 unspecified atom stereocenters. The smallest absolute Gasteiger partial charge is 0.141 e. The van der Waals surface area contributed by atoms with Gasteiger partial charge in [-0.1, -0.05) is 23.7 Å². The summed E-state index contributed by atoms with van der Waals surface area (Å²) in [6, 6.07) is 5.88. The van der Waals surface area contributed by atoms with Gasteiger partial charge in [0.25, 0.3) is 0 Å². The largest absolute Gasteiger partial charge is 0.489 e. The molecule has 1 aromatic carbocycles. The number of hydrogen-bond donors (Lipinski definition) is 0. The van der Waals surface area contributed by atoms with E-state index >= 15 is 0 Å². The van der Waals surface area contributed by atoms with Crippen molar-refractivity contribution < 1.29 is 4.74 Å². The van der Waals surface area contributed by atoms with Crippen LogP contribution in [-0.2, 0) is 6.42 Å². The third-order valence-corrected chi connectivity index (χ3v) is 2.17. The lowest BCUT2D eigenvalue weighted by Gasteiger charge is -2.03. The Morgan fingerprint density at radius 2 is 2.36 bits per heavy atom. The van der Waals surface area contributed by atoms with Gasteiger partial charge in [0, 0.05) is 6.42 Å². The van der Waals surface area contributed by atoms with E-state index in [1.165, 1.54) is 5.56 Å². The minimum absolute atomic E-state index is 0.282. The molecule has 2 rings (SSSR count). The minimum atomic E-state index is 0.282. The van der Waals surface area contributed by atoms with E-state index in [1.54, 1.807) is 0 Å². The van der Waals surface area contributed by atoms with Crippen LogP contribution in [0.2, 0.25) is 5.02 Å². The Balaban J connectivity index is 2.49. The second-order valence-corrected chi connectivity index (χ2v) is 3.27. The van der Waals surface area contributed by atoms with Crippen molar-refractivity contribution in [2.75, 3.05) is 0 Å². The van der Waals surface area contributed by atoms with Crippen LogP contribution in [0.3, 0.4) is 0 Å². The Morgan fingerprint density at radius 3 is 3.09 bits per heavy atom. The molecule has 0 spiro atoms. The molecule has 1 aliphatic heterocycles. The summed E-state index contributed by atoms with van der Waals surface area (Å²) in [4.78, 5) is 0. The predicted octanol–water partition coefficient (Wildman–Crippen LogP) is 2.66. The van der Waals surface area contributed by atoms with Crippen molar-refractivity contribution in [1.29, 1.82) is 0 Å². The van der Waals surface area contributed by atoms with E-state index < -0.39 is 0 Å². The van der Waals surface area contributed by atoms with Crippen molar-refractivity contribution in [3.8, 4) is 5.75 Å². The fourth-order valence-corrected chi connectivity index (χ4v) is 1.64. The third kappa shape index (κ3) is 1.10. The van der Waals surface area contributed by atoms with E-state index in [1.807, 2.05) is 12.1 Å². The Hall–Kier alpha value is -0.690. The molecule has 1 nitrogen and oxygen atoms in total. The summed E-state index contributed by atoms with van der Waals surface area (Å²) in [5.41, 5.74) is 1.23. The number of rotatable bonds is 0. The van der Waals surface area contributed by atoms with Crippen molar-refractivity contribution in [3.05, 3.63) is 28.8 Å². The number of hydrogen-bond acceptors (Lipinski definition) is 1. The summed E-state index contributed by atoms with van der Waals surface area (Å²) in [6.45, 7) is 2.05. The van der Waals surface area contributed by atoms with Gasteiger partial charge in [-0.3, -0.25) is 0 Å². The van der Waals surface area contributed by atoms with E-state index in [0.29, 0.717) is 0 Å². The first-order valence-corrected chi connectivity index (χ1v) is 4.09. The predicted molar refractivity (Wildman–Crippen MR) is 45.2 cm³/mol. The number of fused-ring (bicyclic) bond motifs is 1. The number of para-hydroxylation sites is 1. The van der Waals surface area contributed by atoms with Crippen molar-refractivity contribution in [2.24, 2.45) is 0 Å². The van der Waals surface area contributed by atoms with E-state index in [0.717, 1.165) is 17.2 Å². The summed E-state index contributed by atoms with van der Waals surface area (Å²) in [5.74, 6) is 0.877. The Kier molecular flexibility index (Phi) is 1.53. The fourth-order valence-electron chi connectivity index (χ4n) is 1.40. The number of halogens is 1. The Labute approximate surface area is 70.9 Å². The lowest BCUT2D eigenvalue weighted by atomic mass is 10.1. The zero-order valence-corrected chi connectivity index (χ0v) is 7.06. The van der Waals surface area contributed by atoms with Crippen molar-refractivity contribution in [1.82, 2.24) is 0 Å². The molecule has 11 heavy (non-hydrogen) atoms. The molecule has 0 saturated carbocycles. The van der Waals surface area contributed by atoms with Crippen molar-refractivity contribution >= 4 is 11.6 Å². The zero-order chi connectivity index (χ0) is 7.84. The highest BCUT2D eigenvalue weighted by Crippen LogP contribution is 2.35. The molecule has 2 heteroatoms. The first kappa shape index (κ1) is 6.99. The molecular formula is C9H9ClO. The van der Waals surface area contributed by atoms with Crippen LogP contribution in [0, 0.1) is 0 Å². The van der Waals surface area contributed by atoms with Crippen LogP contribution < -0.4 is 4.74 Å². The highest BCUT2D eigenvalue weighted by molar-refractivity contribution is 6.32. The number of ether oxygens (including phenoxy) is 1. The van der Waals surface area contributed by atoms with Gasteiger partial charge in [-0.05, 0) is 18.6 Å². The van der Waals surface area contributed by atoms with Crippen LogP contribution >= 0.6 is 11.6 Å². The first-order chi connectivity index (χ1) is 5.27. The highest BCUT2D eigenvalue weighted by atomic mass is 35.5. The van der Waals surface area contributed by atoms with Crippen molar-refractivity contribution in [3.63, 3.8) is 0 Å². The molecule has 1 aliphatic rings. The molecule has 1 heterocycles. The molecule has 0 aromatic heterocycles. The third-order valence-electron chi connectivity index (χ3n) is 1.87. The maximum Gasteiger partial charge on any atom is 0.141 e. The molecule has 0 fully saturated rings. The van der Waals surface area contributed by atoms with Crippen LogP contribution in [0.1, 0.15) is 12.5 Å². The second-order valence-electron chi connectivity index (χ2n) is 2.86. The van der Waals surface area contributed by atoms with Gasteiger partial charge in [0.1, 0.15) is 11.9 Å². The molecule has 0 saturated heterocycles. The summed E-state index contributed by atoms with van der Waals surface area (Å²) in [5, 5.41) is 0.729. The standard InChI is InChI=1S/C9H9ClO/c1-6-5-7-3-2-4-8(10)9(7)11-6/h2-4,6H,5H2,1H3/t6-/m0/s1. The lowest BCUT2D eigenvalue weighted by molar-refractivity contribution is 0.255. The summed E-state index contributed by atoms with van der Waals surface area (Å²) < 4.78 is 5.51. The van der Waals surface area contributed by atoms with E-state index in [9.17, 15) is 0 Å². The maximum atomic E-state index is 5.91. The molecule has 58 valence electrons. The number of benzene rings is 1. The van der Waals surface area contributed by atoms with Gasteiger partial charge in [0.05, 0.1) is 5.02 Å². The summed E-state index contributed by atoms with van der Waals surface area (Å²) in [7, 11) is 0. The molecule has 0 N–H and O–H groups in total. The zero-order valence-electron chi connectivity index (χ0n) is 6.30. The minimum Gasteiger partial charge on any atom is -0.489 e. The maximum absolute atomic E-state index is 5.91. The SMILES string of the molecule is C[C@H]1Cc2cccc(Cl)c2O1. The molecule has 0 bridgehead atoms. The Bertz CT molecular complexity index is 283. The monoisotopic (exact) mass is 168 g/mol. The van der Waals surface area contributed by atoms with Crippen LogP contribution in [0.5, 0.6) is 5.75 Å². The van der Waals surface area contributed by atoms with Gasteiger partial charge in [-0.25, -0.2) is 0 Å². The van der Waals surface area contributed by atoms with Crippen LogP contribution in [0.15, 0.2) is 18.2 Å². The van der Waals surface area contributed by atoms with Gasteiger partial charge in [-0.2, -0.15) is 0 Å². The van der Waals surface area contributed by atoms with E-state index in [-0.39, 0.29) is 6.10 Å². The Morgan fingerprint density at radius 1 is 1.55 bits per heavy atom. The summed E-state index contributed by atoms with van der Waals surface area (Å²) >= 11 is 5.91. The highest BCUT2D eigenvalue weighted by Gasteiger charge is 2.20. The summed E-state index contributed by atoms with van der Waals surface area (Å²) in [6.07, 6.45) is 1.26. The average molecular weight is 169 g/mol. The second kappa shape index (κ2) is 2.42. The molecule has 0 aliphatic carbocycles. The molecule has 1 atom stereocenters. The van der Waals surface area contributed by atoms with Gasteiger partial charge in [0.15, 0.2) is 0 Å². The van der Waals surface area contributed by atoms with Crippen molar-refractivity contribution in [2.45, 2.75) is 19.4 Å². The lowest BCUT2D eigenvalue weighted by Crippen LogP contribution is -2.05. The van der Waals surface area contributed by atoms with Crippen LogP contribution in [0.4, 0.5) is 0 Å². The molecule has 0 amide bonds. The molecule has 0 radical (unpaired) electrons. The topological polar surface area (TPSA) is 9.23 Å².